The Labute approximate surface area is 68.1 Å². The summed E-state index contributed by atoms with van der Waals surface area (Å²) in [4.78, 5) is 9.70. The van der Waals surface area contributed by atoms with Gasteiger partial charge in [0, 0.05) is 6.08 Å². The molecule has 12 heavy (non-hydrogen) atoms. The number of nitrogens with one attached hydrogen (secondary N) is 1. The minimum Gasteiger partial charge on any atom is -0.385 e. The van der Waals surface area contributed by atoms with Gasteiger partial charge in [0.05, 0.1) is 16.8 Å². The SMILES string of the molecule is N#CC1NC(N)=CC=C1[N+](=O)[O-]. The Morgan fingerprint density at radius 3 is 2.92 bits per heavy atom. The van der Waals surface area contributed by atoms with Crippen molar-refractivity contribution in [3.05, 3.63) is 33.8 Å². The number of hydrogen-bond donors (Lipinski definition) is 2. The van der Waals surface area contributed by atoms with E-state index in [9.17, 15) is 10.1 Å². The highest BCUT2D eigenvalue weighted by Gasteiger charge is 2.26. The lowest BCUT2D eigenvalue weighted by molar-refractivity contribution is -0.428. The minimum atomic E-state index is -0.954. The Hall–Kier alpha value is -2.03. The van der Waals surface area contributed by atoms with Crippen molar-refractivity contribution >= 4 is 0 Å². The van der Waals surface area contributed by atoms with Crippen molar-refractivity contribution in [2.75, 3.05) is 0 Å². The molecule has 0 bridgehead atoms. The first-order chi connectivity index (χ1) is 5.65. The summed E-state index contributed by atoms with van der Waals surface area (Å²) in [5.74, 6) is 0.257. The van der Waals surface area contributed by atoms with E-state index in [1.807, 2.05) is 0 Å². The molecule has 0 aromatic heterocycles. The van der Waals surface area contributed by atoms with Gasteiger partial charge in [0.25, 0.3) is 5.70 Å². The highest BCUT2D eigenvalue weighted by Crippen LogP contribution is 2.08. The molecule has 0 aromatic carbocycles. The van der Waals surface area contributed by atoms with Gasteiger partial charge in [-0.3, -0.25) is 10.1 Å². The Balaban J connectivity index is 2.96. The van der Waals surface area contributed by atoms with Crippen molar-refractivity contribution < 1.29 is 4.92 Å². The summed E-state index contributed by atoms with van der Waals surface area (Å²) >= 11 is 0. The van der Waals surface area contributed by atoms with E-state index in [0.29, 0.717) is 0 Å². The molecule has 6 heteroatoms. The van der Waals surface area contributed by atoms with Gasteiger partial charge in [0.1, 0.15) is 0 Å². The number of nitrogens with two attached hydrogens (primary N) is 1. The summed E-state index contributed by atoms with van der Waals surface area (Å²) in [5.41, 5.74) is 5.11. The summed E-state index contributed by atoms with van der Waals surface area (Å²) in [6.45, 7) is 0. The number of nitriles is 1. The largest absolute Gasteiger partial charge is 0.385 e. The zero-order chi connectivity index (χ0) is 9.14. The first-order valence-electron chi connectivity index (χ1n) is 3.13. The second-order valence-corrected chi connectivity index (χ2v) is 2.18. The molecule has 1 aliphatic rings. The molecule has 0 aliphatic carbocycles. The van der Waals surface area contributed by atoms with Crippen molar-refractivity contribution in [1.82, 2.24) is 5.32 Å². The van der Waals surface area contributed by atoms with Gasteiger partial charge in [0.15, 0.2) is 0 Å². The molecule has 1 unspecified atom stereocenters. The van der Waals surface area contributed by atoms with Crippen molar-refractivity contribution in [3.8, 4) is 6.07 Å². The van der Waals surface area contributed by atoms with E-state index in [4.69, 9.17) is 11.0 Å². The maximum atomic E-state index is 10.3. The molecule has 0 saturated heterocycles. The van der Waals surface area contributed by atoms with E-state index in [1.165, 1.54) is 12.2 Å². The Kier molecular flexibility index (Phi) is 1.96. The molecule has 0 amide bonds. The third-order valence-electron chi connectivity index (χ3n) is 1.38. The van der Waals surface area contributed by atoms with Crippen LogP contribution in [0.25, 0.3) is 0 Å². The van der Waals surface area contributed by atoms with Crippen LogP contribution in [-0.2, 0) is 0 Å². The van der Waals surface area contributed by atoms with E-state index < -0.39 is 11.0 Å². The molecular formula is C6H6N4O2. The number of nitro groups is 1. The van der Waals surface area contributed by atoms with Gasteiger partial charge < -0.3 is 11.1 Å². The molecule has 62 valence electrons. The van der Waals surface area contributed by atoms with Crippen molar-refractivity contribution in [1.29, 1.82) is 5.26 Å². The van der Waals surface area contributed by atoms with Crippen LogP contribution in [0.5, 0.6) is 0 Å². The Morgan fingerprint density at radius 2 is 2.42 bits per heavy atom. The molecular weight excluding hydrogens is 160 g/mol. The van der Waals surface area contributed by atoms with Crippen LogP contribution in [0.3, 0.4) is 0 Å². The van der Waals surface area contributed by atoms with Crippen LogP contribution in [0.4, 0.5) is 0 Å². The lowest BCUT2D eigenvalue weighted by atomic mass is 10.2. The first kappa shape index (κ1) is 8.07. The Bertz CT molecular complexity index is 312. The monoisotopic (exact) mass is 166 g/mol. The van der Waals surface area contributed by atoms with Crippen LogP contribution in [0.2, 0.25) is 0 Å². The normalized spacial score (nSPS) is 21.4. The van der Waals surface area contributed by atoms with Gasteiger partial charge in [-0.05, 0) is 6.08 Å². The number of dihydropyridines is 1. The number of rotatable bonds is 1. The maximum Gasteiger partial charge on any atom is 0.283 e. The topological polar surface area (TPSA) is 105 Å². The summed E-state index contributed by atoms with van der Waals surface area (Å²) in [5, 5.41) is 21.3. The lowest BCUT2D eigenvalue weighted by Crippen LogP contribution is -2.36. The van der Waals surface area contributed by atoms with Gasteiger partial charge in [-0.15, -0.1) is 0 Å². The molecule has 1 heterocycles. The van der Waals surface area contributed by atoms with Gasteiger partial charge in [-0.1, -0.05) is 0 Å². The van der Waals surface area contributed by atoms with E-state index in [2.05, 4.69) is 5.32 Å². The van der Waals surface area contributed by atoms with Gasteiger partial charge in [-0.25, -0.2) is 0 Å². The number of nitrogens with zero attached hydrogens (tertiary/aromatic N) is 2. The third kappa shape index (κ3) is 1.34. The van der Waals surface area contributed by atoms with E-state index in [0.717, 1.165) is 0 Å². The Morgan fingerprint density at radius 1 is 1.75 bits per heavy atom. The van der Waals surface area contributed by atoms with Crippen LogP contribution in [0.15, 0.2) is 23.7 Å². The van der Waals surface area contributed by atoms with Crippen molar-refractivity contribution in [2.24, 2.45) is 5.73 Å². The second-order valence-electron chi connectivity index (χ2n) is 2.18. The quantitative estimate of drug-likeness (QED) is 0.401. The molecule has 0 radical (unpaired) electrons. The summed E-state index contributed by atoms with van der Waals surface area (Å²) in [7, 11) is 0. The fourth-order valence-electron chi connectivity index (χ4n) is 0.825. The molecule has 1 rings (SSSR count). The number of hydrogen-bond acceptors (Lipinski definition) is 5. The average Bonchev–Trinajstić information content (AvgIpc) is 2.03. The maximum absolute atomic E-state index is 10.3. The van der Waals surface area contributed by atoms with Crippen LogP contribution >= 0.6 is 0 Å². The molecule has 0 aromatic rings. The smallest absolute Gasteiger partial charge is 0.283 e. The highest BCUT2D eigenvalue weighted by molar-refractivity contribution is 5.26. The summed E-state index contributed by atoms with van der Waals surface area (Å²) in [6, 6.07) is 0.770. The lowest BCUT2D eigenvalue weighted by Gasteiger charge is -2.13. The van der Waals surface area contributed by atoms with Crippen molar-refractivity contribution in [3.63, 3.8) is 0 Å². The van der Waals surface area contributed by atoms with E-state index in [1.54, 1.807) is 6.07 Å². The zero-order valence-electron chi connectivity index (χ0n) is 6.02. The summed E-state index contributed by atoms with van der Waals surface area (Å²) in [6.07, 6.45) is 2.58. The van der Waals surface area contributed by atoms with Gasteiger partial charge in [-0.2, -0.15) is 5.26 Å². The molecule has 1 aliphatic heterocycles. The van der Waals surface area contributed by atoms with Crippen LogP contribution in [-0.4, -0.2) is 11.0 Å². The van der Waals surface area contributed by atoms with E-state index in [-0.39, 0.29) is 11.5 Å². The second kappa shape index (κ2) is 2.92. The summed E-state index contributed by atoms with van der Waals surface area (Å²) < 4.78 is 0. The van der Waals surface area contributed by atoms with Crippen LogP contribution in [0, 0.1) is 21.4 Å². The molecule has 1 atom stereocenters. The standard InChI is InChI=1S/C6H6N4O2/c7-3-4-5(10(11)12)1-2-6(8)9-4/h1-2,4,9H,8H2. The molecule has 0 saturated carbocycles. The molecule has 3 N–H and O–H groups in total. The average molecular weight is 166 g/mol. The predicted molar refractivity (Wildman–Crippen MR) is 39.9 cm³/mol. The fourth-order valence-corrected chi connectivity index (χ4v) is 0.825. The number of allylic oxidation sites excluding steroid dienone is 2. The third-order valence-corrected chi connectivity index (χ3v) is 1.38. The van der Waals surface area contributed by atoms with Crippen molar-refractivity contribution in [2.45, 2.75) is 6.04 Å². The van der Waals surface area contributed by atoms with Crippen LogP contribution < -0.4 is 11.1 Å². The minimum absolute atomic E-state index is 0.188. The van der Waals surface area contributed by atoms with Crippen LogP contribution in [0.1, 0.15) is 0 Å². The zero-order valence-corrected chi connectivity index (χ0v) is 6.02. The predicted octanol–water partition coefficient (Wildman–Crippen LogP) is -0.558. The highest BCUT2D eigenvalue weighted by atomic mass is 16.6. The first-order valence-corrected chi connectivity index (χ1v) is 3.13. The molecule has 6 nitrogen and oxygen atoms in total. The molecule has 0 fully saturated rings. The fraction of sp³-hybridized carbons (Fsp3) is 0.167. The van der Waals surface area contributed by atoms with Gasteiger partial charge >= 0.3 is 0 Å². The van der Waals surface area contributed by atoms with Gasteiger partial charge in [0.2, 0.25) is 6.04 Å². The van der Waals surface area contributed by atoms with E-state index >= 15 is 0 Å². The molecule has 0 spiro atoms.